The van der Waals surface area contributed by atoms with Crippen LogP contribution in [-0.4, -0.2) is 16.4 Å². The standard InChI is InChI=1S/C9H8N2OS/c1-13-8-5-3-2-4-7(8)9-10-6-12-11-9/h2-6H,1H3. The van der Waals surface area contributed by atoms with Gasteiger partial charge in [-0.1, -0.05) is 17.3 Å². The minimum atomic E-state index is 0.643. The van der Waals surface area contributed by atoms with E-state index in [0.717, 1.165) is 10.5 Å². The number of rotatable bonds is 2. The van der Waals surface area contributed by atoms with Gasteiger partial charge in [-0.25, -0.2) is 0 Å². The van der Waals surface area contributed by atoms with E-state index in [1.807, 2.05) is 30.5 Å². The molecule has 0 spiro atoms. The van der Waals surface area contributed by atoms with Crippen molar-refractivity contribution < 1.29 is 4.52 Å². The van der Waals surface area contributed by atoms with Crippen LogP contribution in [0.3, 0.4) is 0 Å². The zero-order chi connectivity index (χ0) is 9.10. The molecule has 2 aromatic rings. The predicted octanol–water partition coefficient (Wildman–Crippen LogP) is 2.46. The van der Waals surface area contributed by atoms with Crippen LogP contribution in [0.5, 0.6) is 0 Å². The third kappa shape index (κ3) is 1.58. The van der Waals surface area contributed by atoms with Crippen LogP contribution in [0, 0.1) is 0 Å². The summed E-state index contributed by atoms with van der Waals surface area (Å²) < 4.78 is 4.70. The van der Waals surface area contributed by atoms with Gasteiger partial charge in [0.05, 0.1) is 0 Å². The van der Waals surface area contributed by atoms with E-state index in [2.05, 4.69) is 10.1 Å². The average molecular weight is 192 g/mol. The van der Waals surface area contributed by atoms with Crippen molar-refractivity contribution in [3.05, 3.63) is 30.7 Å². The molecule has 3 nitrogen and oxygen atoms in total. The largest absolute Gasteiger partial charge is 0.342 e. The quantitative estimate of drug-likeness (QED) is 0.685. The Morgan fingerprint density at radius 2 is 2.15 bits per heavy atom. The molecular weight excluding hydrogens is 184 g/mol. The first-order chi connectivity index (χ1) is 6.42. The normalized spacial score (nSPS) is 10.2. The second-order valence-corrected chi connectivity index (χ2v) is 3.30. The Morgan fingerprint density at radius 3 is 2.85 bits per heavy atom. The van der Waals surface area contributed by atoms with Crippen LogP contribution in [-0.2, 0) is 0 Å². The third-order valence-electron chi connectivity index (χ3n) is 1.71. The molecule has 4 heteroatoms. The zero-order valence-electron chi connectivity index (χ0n) is 7.10. The van der Waals surface area contributed by atoms with E-state index < -0.39 is 0 Å². The van der Waals surface area contributed by atoms with Gasteiger partial charge in [-0.05, 0) is 18.4 Å². The Hall–Kier alpha value is -1.29. The fraction of sp³-hybridized carbons (Fsp3) is 0.111. The smallest absolute Gasteiger partial charge is 0.214 e. The summed E-state index contributed by atoms with van der Waals surface area (Å²) in [6.07, 6.45) is 3.37. The lowest BCUT2D eigenvalue weighted by molar-refractivity contribution is 0.418. The summed E-state index contributed by atoms with van der Waals surface area (Å²) >= 11 is 1.67. The van der Waals surface area contributed by atoms with E-state index in [0.29, 0.717) is 5.82 Å². The van der Waals surface area contributed by atoms with Gasteiger partial charge < -0.3 is 4.52 Å². The lowest BCUT2D eigenvalue weighted by Gasteiger charge is -2.00. The van der Waals surface area contributed by atoms with E-state index in [1.165, 1.54) is 6.39 Å². The Bertz CT molecular complexity index is 386. The molecule has 0 amide bonds. The van der Waals surface area contributed by atoms with Crippen molar-refractivity contribution in [1.82, 2.24) is 10.1 Å². The first-order valence-corrected chi connectivity index (χ1v) is 5.04. The highest BCUT2D eigenvalue weighted by molar-refractivity contribution is 7.98. The van der Waals surface area contributed by atoms with Crippen molar-refractivity contribution >= 4 is 11.8 Å². The fourth-order valence-corrected chi connectivity index (χ4v) is 1.71. The van der Waals surface area contributed by atoms with Gasteiger partial charge >= 0.3 is 0 Å². The molecule has 1 aromatic heterocycles. The van der Waals surface area contributed by atoms with E-state index in [4.69, 9.17) is 4.52 Å². The SMILES string of the molecule is CSc1ccccc1-c1ncon1. The van der Waals surface area contributed by atoms with E-state index >= 15 is 0 Å². The molecule has 0 unspecified atom stereocenters. The summed E-state index contributed by atoms with van der Waals surface area (Å²) in [5.41, 5.74) is 1.02. The lowest BCUT2D eigenvalue weighted by Crippen LogP contribution is -1.82. The van der Waals surface area contributed by atoms with Crippen LogP contribution >= 0.6 is 11.8 Å². The molecule has 0 radical (unpaired) electrons. The van der Waals surface area contributed by atoms with Crippen LogP contribution in [0.15, 0.2) is 40.1 Å². The Labute approximate surface area is 80.2 Å². The number of thioether (sulfide) groups is 1. The molecule has 0 aliphatic carbocycles. The summed E-state index contributed by atoms with van der Waals surface area (Å²) in [6, 6.07) is 7.98. The van der Waals surface area contributed by atoms with Gasteiger partial charge in [-0.2, -0.15) is 4.98 Å². The predicted molar refractivity (Wildman–Crippen MR) is 51.5 cm³/mol. The minimum absolute atomic E-state index is 0.643. The molecule has 0 atom stereocenters. The number of hydrogen-bond acceptors (Lipinski definition) is 4. The fourth-order valence-electron chi connectivity index (χ4n) is 1.12. The third-order valence-corrected chi connectivity index (χ3v) is 2.51. The summed E-state index contributed by atoms with van der Waals surface area (Å²) in [7, 11) is 0. The molecule has 2 rings (SSSR count). The van der Waals surface area contributed by atoms with Crippen molar-refractivity contribution in [3.63, 3.8) is 0 Å². The molecule has 0 fully saturated rings. The number of benzene rings is 1. The van der Waals surface area contributed by atoms with Crippen molar-refractivity contribution in [2.24, 2.45) is 0 Å². The zero-order valence-corrected chi connectivity index (χ0v) is 7.91. The van der Waals surface area contributed by atoms with Crippen LogP contribution < -0.4 is 0 Å². The van der Waals surface area contributed by atoms with E-state index in [-0.39, 0.29) is 0 Å². The van der Waals surface area contributed by atoms with Gasteiger partial charge in [0.25, 0.3) is 0 Å². The summed E-state index contributed by atoms with van der Waals surface area (Å²) in [6.45, 7) is 0. The van der Waals surface area contributed by atoms with E-state index in [1.54, 1.807) is 11.8 Å². The molecule has 1 aromatic carbocycles. The van der Waals surface area contributed by atoms with E-state index in [9.17, 15) is 0 Å². The van der Waals surface area contributed by atoms with Crippen LogP contribution in [0.25, 0.3) is 11.4 Å². The van der Waals surface area contributed by atoms with Gasteiger partial charge in [-0.3, -0.25) is 0 Å². The Kier molecular flexibility index (Phi) is 2.31. The molecule has 66 valence electrons. The number of hydrogen-bond donors (Lipinski definition) is 0. The minimum Gasteiger partial charge on any atom is -0.342 e. The van der Waals surface area contributed by atoms with Gasteiger partial charge in [-0.15, -0.1) is 11.8 Å². The first-order valence-electron chi connectivity index (χ1n) is 3.81. The molecule has 0 aliphatic heterocycles. The Morgan fingerprint density at radius 1 is 1.31 bits per heavy atom. The average Bonchev–Trinajstić information content (AvgIpc) is 2.70. The van der Waals surface area contributed by atoms with Crippen LogP contribution in [0.1, 0.15) is 0 Å². The Balaban J connectivity index is 2.51. The van der Waals surface area contributed by atoms with Crippen molar-refractivity contribution in [1.29, 1.82) is 0 Å². The van der Waals surface area contributed by atoms with Crippen molar-refractivity contribution in [2.45, 2.75) is 4.90 Å². The maximum Gasteiger partial charge on any atom is 0.214 e. The second kappa shape index (κ2) is 3.62. The topological polar surface area (TPSA) is 38.9 Å². The monoisotopic (exact) mass is 192 g/mol. The van der Waals surface area contributed by atoms with Gasteiger partial charge in [0.2, 0.25) is 12.2 Å². The molecule has 0 N–H and O–H groups in total. The molecule has 13 heavy (non-hydrogen) atoms. The second-order valence-electron chi connectivity index (χ2n) is 2.46. The highest BCUT2D eigenvalue weighted by Crippen LogP contribution is 2.26. The van der Waals surface area contributed by atoms with Crippen LogP contribution in [0.4, 0.5) is 0 Å². The molecule has 0 saturated heterocycles. The summed E-state index contributed by atoms with van der Waals surface area (Å²) in [5.74, 6) is 0.643. The number of nitrogens with zero attached hydrogens (tertiary/aromatic N) is 2. The highest BCUT2D eigenvalue weighted by Gasteiger charge is 2.06. The maximum absolute atomic E-state index is 4.70. The number of aromatic nitrogens is 2. The molecule has 1 heterocycles. The highest BCUT2D eigenvalue weighted by atomic mass is 32.2. The summed E-state index contributed by atoms with van der Waals surface area (Å²) in [4.78, 5) is 5.16. The van der Waals surface area contributed by atoms with Gasteiger partial charge in [0, 0.05) is 10.5 Å². The molecule has 0 saturated carbocycles. The first kappa shape index (κ1) is 8.31. The molecule has 0 aliphatic rings. The van der Waals surface area contributed by atoms with Crippen molar-refractivity contribution in [2.75, 3.05) is 6.26 Å². The maximum atomic E-state index is 4.70. The molecule has 0 bridgehead atoms. The van der Waals surface area contributed by atoms with Gasteiger partial charge in [0.15, 0.2) is 0 Å². The van der Waals surface area contributed by atoms with Gasteiger partial charge in [0.1, 0.15) is 0 Å². The summed E-state index contributed by atoms with van der Waals surface area (Å²) in [5, 5.41) is 3.80. The lowest BCUT2D eigenvalue weighted by atomic mass is 10.2. The van der Waals surface area contributed by atoms with Crippen LogP contribution in [0.2, 0.25) is 0 Å². The molecular formula is C9H8N2OS. The van der Waals surface area contributed by atoms with Crippen molar-refractivity contribution in [3.8, 4) is 11.4 Å².